The lowest BCUT2D eigenvalue weighted by Gasteiger charge is -2.22. The van der Waals surface area contributed by atoms with E-state index < -0.39 is 6.03 Å². The molecule has 0 aliphatic carbocycles. The smallest absolute Gasteiger partial charge is 0.315 e. The molecule has 3 aromatic rings. The quantitative estimate of drug-likeness (QED) is 0.395. The van der Waals surface area contributed by atoms with Gasteiger partial charge in [-0.05, 0) is 36.8 Å². The van der Waals surface area contributed by atoms with Gasteiger partial charge in [0.25, 0.3) is 0 Å². The van der Waals surface area contributed by atoms with E-state index in [2.05, 4.69) is 31.4 Å². The van der Waals surface area contributed by atoms with Crippen molar-refractivity contribution in [2.24, 2.45) is 0 Å². The zero-order valence-corrected chi connectivity index (χ0v) is 21.2. The number of nitrogens with zero attached hydrogens (tertiary/aromatic N) is 3. The lowest BCUT2D eigenvalue weighted by atomic mass is 9.92. The fraction of sp³-hybridized carbons (Fsp3) is 0.320. The number of anilines is 2. The Balaban J connectivity index is 1.77. The summed E-state index contributed by atoms with van der Waals surface area (Å²) >= 11 is 12.0. The molecule has 9 heteroatoms. The van der Waals surface area contributed by atoms with Gasteiger partial charge in [0.2, 0.25) is 5.91 Å². The van der Waals surface area contributed by atoms with E-state index >= 15 is 0 Å². The van der Waals surface area contributed by atoms with Crippen LogP contribution in [-0.2, 0) is 10.2 Å². The van der Waals surface area contributed by atoms with Crippen molar-refractivity contribution in [3.05, 3.63) is 70.3 Å². The Morgan fingerprint density at radius 2 is 1.71 bits per heavy atom. The van der Waals surface area contributed by atoms with Gasteiger partial charge in [0, 0.05) is 23.7 Å². The summed E-state index contributed by atoms with van der Waals surface area (Å²) in [6, 6.07) is 15.9. The molecule has 0 bridgehead atoms. The maximum Gasteiger partial charge on any atom is 0.322 e. The lowest BCUT2D eigenvalue weighted by Crippen LogP contribution is -2.41. The molecular weight excluding hydrogens is 473 g/mol. The molecule has 3 rings (SSSR count). The van der Waals surface area contributed by atoms with Gasteiger partial charge in [-0.2, -0.15) is 5.10 Å². The Labute approximate surface area is 210 Å². The third-order valence-electron chi connectivity index (χ3n) is 5.03. The van der Waals surface area contributed by atoms with Crippen LogP contribution in [0, 0.1) is 0 Å². The molecule has 180 valence electrons. The van der Waals surface area contributed by atoms with E-state index in [0.29, 0.717) is 34.5 Å². The van der Waals surface area contributed by atoms with E-state index in [1.807, 2.05) is 43.3 Å². The molecule has 34 heavy (non-hydrogen) atoms. The Bertz CT molecular complexity index is 1160. The second-order valence-electron chi connectivity index (χ2n) is 8.94. The van der Waals surface area contributed by atoms with Crippen molar-refractivity contribution >= 4 is 46.6 Å². The maximum absolute atomic E-state index is 13.0. The highest BCUT2D eigenvalue weighted by molar-refractivity contribution is 6.42. The Morgan fingerprint density at radius 1 is 1.00 bits per heavy atom. The van der Waals surface area contributed by atoms with Gasteiger partial charge < -0.3 is 15.5 Å². The van der Waals surface area contributed by atoms with Gasteiger partial charge in [0.15, 0.2) is 0 Å². The van der Waals surface area contributed by atoms with Gasteiger partial charge in [-0.3, -0.25) is 4.79 Å². The number of para-hydroxylation sites is 1. The van der Waals surface area contributed by atoms with Crippen molar-refractivity contribution in [1.29, 1.82) is 0 Å². The molecular formula is C25H29Cl2N5O2. The molecule has 0 aliphatic heterocycles. The number of rotatable bonds is 7. The van der Waals surface area contributed by atoms with Gasteiger partial charge in [-0.25, -0.2) is 9.48 Å². The molecule has 0 saturated carbocycles. The van der Waals surface area contributed by atoms with Gasteiger partial charge in [-0.1, -0.05) is 69.1 Å². The monoisotopic (exact) mass is 501 g/mol. The number of benzene rings is 2. The highest BCUT2D eigenvalue weighted by Gasteiger charge is 2.23. The van der Waals surface area contributed by atoms with E-state index in [1.165, 1.54) is 4.90 Å². The maximum atomic E-state index is 13.0. The summed E-state index contributed by atoms with van der Waals surface area (Å²) in [4.78, 5) is 27.3. The average Bonchev–Trinajstić information content (AvgIpc) is 3.21. The number of urea groups is 1. The second-order valence-corrected chi connectivity index (χ2v) is 9.76. The first-order valence-electron chi connectivity index (χ1n) is 11.0. The van der Waals surface area contributed by atoms with Crippen LogP contribution < -0.4 is 10.6 Å². The lowest BCUT2D eigenvalue weighted by molar-refractivity contribution is -0.116. The van der Waals surface area contributed by atoms with Crippen LogP contribution in [0.25, 0.3) is 5.69 Å². The number of amides is 3. The number of hydrogen-bond donors (Lipinski definition) is 2. The SMILES string of the molecule is CCCN(CC(=O)Nc1cc(C(C)(C)C)nn1-c1ccccc1)C(=O)Nc1ccc(Cl)c(Cl)c1. The third-order valence-corrected chi connectivity index (χ3v) is 5.77. The van der Waals surface area contributed by atoms with Gasteiger partial charge in [0.1, 0.15) is 12.4 Å². The predicted molar refractivity (Wildman–Crippen MR) is 138 cm³/mol. The molecule has 0 spiro atoms. The topological polar surface area (TPSA) is 79.3 Å². The molecule has 7 nitrogen and oxygen atoms in total. The second kappa shape index (κ2) is 10.9. The minimum atomic E-state index is -0.401. The highest BCUT2D eigenvalue weighted by atomic mass is 35.5. The summed E-state index contributed by atoms with van der Waals surface area (Å²) < 4.78 is 1.71. The fourth-order valence-corrected chi connectivity index (χ4v) is 3.56. The van der Waals surface area contributed by atoms with Gasteiger partial charge in [0.05, 0.1) is 21.4 Å². The van der Waals surface area contributed by atoms with E-state index in [1.54, 1.807) is 22.9 Å². The normalized spacial score (nSPS) is 11.2. The van der Waals surface area contributed by atoms with Crippen molar-refractivity contribution < 1.29 is 9.59 Å². The largest absolute Gasteiger partial charge is 0.322 e. The molecule has 1 heterocycles. The molecule has 0 aliphatic rings. The minimum absolute atomic E-state index is 0.119. The predicted octanol–water partition coefficient (Wildman–Crippen LogP) is 6.36. The molecule has 0 fully saturated rings. The average molecular weight is 502 g/mol. The summed E-state index contributed by atoms with van der Waals surface area (Å²) in [6.07, 6.45) is 0.693. The Hall–Kier alpha value is -3.03. The standard InChI is InChI=1S/C25H29Cl2N5O2/c1-5-13-31(24(34)28-17-11-12-19(26)20(27)14-17)16-23(33)29-22-15-21(25(2,3)4)30-32(22)18-9-7-6-8-10-18/h6-12,14-15H,5,13,16H2,1-4H3,(H,28,34)(H,29,33). The summed E-state index contributed by atoms with van der Waals surface area (Å²) in [6.45, 7) is 8.42. The molecule has 3 amide bonds. The molecule has 0 atom stereocenters. The van der Waals surface area contributed by atoms with Crippen molar-refractivity contribution in [3.8, 4) is 5.69 Å². The zero-order chi connectivity index (χ0) is 24.9. The van der Waals surface area contributed by atoms with Crippen molar-refractivity contribution in [3.63, 3.8) is 0 Å². The number of halogens is 2. The molecule has 1 aromatic heterocycles. The molecule has 0 unspecified atom stereocenters. The van der Waals surface area contributed by atoms with Crippen molar-refractivity contribution in [2.75, 3.05) is 23.7 Å². The summed E-state index contributed by atoms with van der Waals surface area (Å²) in [5.41, 5.74) is 1.97. The molecule has 2 aromatic carbocycles. The Morgan fingerprint density at radius 3 is 2.32 bits per heavy atom. The minimum Gasteiger partial charge on any atom is -0.315 e. The fourth-order valence-electron chi connectivity index (χ4n) is 3.26. The first-order chi connectivity index (χ1) is 16.1. The summed E-state index contributed by atoms with van der Waals surface area (Å²) in [7, 11) is 0. The number of carbonyl (C=O) groups is 2. The first kappa shape index (κ1) is 25.6. The Kier molecular flexibility index (Phi) is 8.23. The van der Waals surface area contributed by atoms with E-state index in [4.69, 9.17) is 28.3 Å². The zero-order valence-electron chi connectivity index (χ0n) is 19.7. The van der Waals surface area contributed by atoms with Crippen LogP contribution in [0.1, 0.15) is 39.8 Å². The molecule has 0 saturated heterocycles. The third kappa shape index (κ3) is 6.52. The van der Waals surface area contributed by atoms with E-state index in [-0.39, 0.29) is 17.9 Å². The number of nitrogens with one attached hydrogen (secondary N) is 2. The highest BCUT2D eigenvalue weighted by Crippen LogP contribution is 2.27. The van der Waals surface area contributed by atoms with E-state index in [9.17, 15) is 9.59 Å². The van der Waals surface area contributed by atoms with Crippen LogP contribution >= 0.6 is 23.2 Å². The van der Waals surface area contributed by atoms with Crippen LogP contribution in [0.4, 0.5) is 16.3 Å². The summed E-state index contributed by atoms with van der Waals surface area (Å²) in [5, 5.41) is 11.1. The van der Waals surface area contributed by atoms with Crippen LogP contribution in [-0.4, -0.2) is 39.7 Å². The van der Waals surface area contributed by atoms with Crippen molar-refractivity contribution in [1.82, 2.24) is 14.7 Å². The number of aromatic nitrogens is 2. The van der Waals surface area contributed by atoms with Gasteiger partial charge >= 0.3 is 6.03 Å². The number of hydrogen-bond acceptors (Lipinski definition) is 3. The van der Waals surface area contributed by atoms with E-state index in [0.717, 1.165) is 11.4 Å². The number of carbonyl (C=O) groups excluding carboxylic acids is 2. The molecule has 2 N–H and O–H groups in total. The van der Waals surface area contributed by atoms with Crippen LogP contribution in [0.3, 0.4) is 0 Å². The summed E-state index contributed by atoms with van der Waals surface area (Å²) in [5.74, 6) is 0.220. The van der Waals surface area contributed by atoms with Crippen molar-refractivity contribution in [2.45, 2.75) is 39.5 Å². The van der Waals surface area contributed by atoms with Gasteiger partial charge in [-0.15, -0.1) is 0 Å². The van der Waals surface area contributed by atoms with Crippen LogP contribution in [0.2, 0.25) is 10.0 Å². The molecule has 0 radical (unpaired) electrons. The first-order valence-corrected chi connectivity index (χ1v) is 11.8. The van der Waals surface area contributed by atoms with Crippen LogP contribution in [0.5, 0.6) is 0 Å². The van der Waals surface area contributed by atoms with Crippen LogP contribution in [0.15, 0.2) is 54.6 Å².